The van der Waals surface area contributed by atoms with E-state index in [4.69, 9.17) is 5.73 Å². The summed E-state index contributed by atoms with van der Waals surface area (Å²) in [5, 5.41) is 1.10. The largest absolute Gasteiger partial charge is 0.328 e. The number of nitrogens with two attached hydrogens (primary N) is 1. The normalized spacial score (nSPS) is 12.9. The van der Waals surface area contributed by atoms with Gasteiger partial charge in [0.05, 0.1) is 5.52 Å². The molecule has 0 aliphatic carbocycles. The topological polar surface area (TPSA) is 48.0 Å². The van der Waals surface area contributed by atoms with Crippen LogP contribution in [0.2, 0.25) is 0 Å². The number of nitrogens with zero attached hydrogens (tertiary/aromatic N) is 1. The summed E-state index contributed by atoms with van der Waals surface area (Å²) in [5.41, 5.74) is 7.67. The van der Waals surface area contributed by atoms with E-state index >= 15 is 0 Å². The summed E-state index contributed by atoms with van der Waals surface area (Å²) in [7, 11) is 0. The molecule has 90 valence electrons. The fourth-order valence-electron chi connectivity index (χ4n) is 2.19. The van der Waals surface area contributed by atoms with Crippen LogP contribution in [0.1, 0.15) is 19.4 Å². The SMILES string of the molecule is CCn1c(=O)c(CC(C)N)cc2ccccc21. The molecule has 3 nitrogen and oxygen atoms in total. The number of fused-ring (bicyclic) bond motifs is 1. The zero-order chi connectivity index (χ0) is 12.4. The second-order valence-electron chi connectivity index (χ2n) is 4.46. The van der Waals surface area contributed by atoms with Gasteiger partial charge in [-0.1, -0.05) is 18.2 Å². The third kappa shape index (κ3) is 2.24. The van der Waals surface area contributed by atoms with Crippen molar-refractivity contribution in [1.29, 1.82) is 0 Å². The van der Waals surface area contributed by atoms with Crippen molar-refractivity contribution in [3.63, 3.8) is 0 Å². The van der Waals surface area contributed by atoms with Crippen molar-refractivity contribution >= 4 is 10.9 Å². The molecule has 1 heterocycles. The first-order chi connectivity index (χ1) is 8.13. The van der Waals surface area contributed by atoms with E-state index in [1.165, 1.54) is 0 Å². The van der Waals surface area contributed by atoms with Gasteiger partial charge < -0.3 is 10.3 Å². The lowest BCUT2D eigenvalue weighted by atomic mass is 10.1. The molecule has 2 N–H and O–H groups in total. The minimum atomic E-state index is 0.00849. The molecular formula is C14H18N2O. The first kappa shape index (κ1) is 11.9. The van der Waals surface area contributed by atoms with Crippen molar-refractivity contribution in [3.05, 3.63) is 46.2 Å². The lowest BCUT2D eigenvalue weighted by Gasteiger charge is -2.12. The number of hydrogen-bond donors (Lipinski definition) is 1. The molecule has 0 saturated heterocycles. The maximum absolute atomic E-state index is 12.3. The Labute approximate surface area is 101 Å². The van der Waals surface area contributed by atoms with Gasteiger partial charge >= 0.3 is 0 Å². The third-order valence-corrected chi connectivity index (χ3v) is 2.94. The maximum Gasteiger partial charge on any atom is 0.254 e. The van der Waals surface area contributed by atoms with Crippen LogP contribution in [0.25, 0.3) is 10.9 Å². The highest BCUT2D eigenvalue weighted by atomic mass is 16.1. The minimum Gasteiger partial charge on any atom is -0.328 e. The van der Waals surface area contributed by atoms with Gasteiger partial charge in [0.1, 0.15) is 0 Å². The van der Waals surface area contributed by atoms with Crippen molar-refractivity contribution < 1.29 is 0 Å². The maximum atomic E-state index is 12.3. The summed E-state index contributed by atoms with van der Waals surface area (Å²) in [5.74, 6) is 0. The van der Waals surface area contributed by atoms with Crippen molar-refractivity contribution in [2.45, 2.75) is 32.9 Å². The van der Waals surface area contributed by atoms with Gasteiger partial charge in [-0.25, -0.2) is 0 Å². The highest BCUT2D eigenvalue weighted by molar-refractivity contribution is 5.79. The minimum absolute atomic E-state index is 0.00849. The van der Waals surface area contributed by atoms with E-state index in [0.717, 1.165) is 16.5 Å². The molecule has 2 aromatic rings. The molecule has 17 heavy (non-hydrogen) atoms. The molecular weight excluding hydrogens is 212 g/mol. The molecule has 0 aliphatic rings. The van der Waals surface area contributed by atoms with Crippen LogP contribution < -0.4 is 11.3 Å². The second kappa shape index (κ2) is 4.72. The molecule has 0 aliphatic heterocycles. The fraction of sp³-hybridized carbons (Fsp3) is 0.357. The van der Waals surface area contributed by atoms with E-state index in [0.29, 0.717) is 13.0 Å². The van der Waals surface area contributed by atoms with Crippen molar-refractivity contribution in [2.24, 2.45) is 5.73 Å². The van der Waals surface area contributed by atoms with Crippen molar-refractivity contribution in [1.82, 2.24) is 4.57 Å². The Morgan fingerprint density at radius 2 is 2.06 bits per heavy atom. The van der Waals surface area contributed by atoms with Crippen LogP contribution in [0.3, 0.4) is 0 Å². The number of aryl methyl sites for hydroxylation is 1. The lowest BCUT2D eigenvalue weighted by Crippen LogP contribution is -2.28. The Kier molecular flexibility index (Phi) is 3.29. The van der Waals surface area contributed by atoms with Crippen LogP contribution in [0.15, 0.2) is 35.1 Å². The number of pyridine rings is 1. The zero-order valence-corrected chi connectivity index (χ0v) is 10.3. The van der Waals surface area contributed by atoms with Gasteiger partial charge in [0.15, 0.2) is 0 Å². The Balaban J connectivity index is 2.71. The number of benzene rings is 1. The lowest BCUT2D eigenvalue weighted by molar-refractivity contribution is 0.701. The molecule has 1 atom stereocenters. The van der Waals surface area contributed by atoms with Gasteiger partial charge in [0.2, 0.25) is 0 Å². The van der Waals surface area contributed by atoms with Gasteiger partial charge in [-0.05, 0) is 37.8 Å². The Morgan fingerprint density at radius 3 is 2.71 bits per heavy atom. The molecule has 0 amide bonds. The fourth-order valence-corrected chi connectivity index (χ4v) is 2.19. The summed E-state index contributed by atoms with van der Waals surface area (Å²) < 4.78 is 1.81. The summed E-state index contributed by atoms with van der Waals surface area (Å²) >= 11 is 0. The van der Waals surface area contributed by atoms with E-state index in [2.05, 4.69) is 0 Å². The monoisotopic (exact) mass is 230 g/mol. The zero-order valence-electron chi connectivity index (χ0n) is 10.3. The molecule has 0 bridgehead atoms. The molecule has 0 saturated carbocycles. The van der Waals surface area contributed by atoms with Crippen molar-refractivity contribution in [2.75, 3.05) is 0 Å². The molecule has 1 unspecified atom stereocenters. The predicted octanol–water partition coefficient (Wildman–Crippen LogP) is 1.91. The molecule has 2 rings (SSSR count). The van der Waals surface area contributed by atoms with Gasteiger partial charge in [-0.3, -0.25) is 4.79 Å². The van der Waals surface area contributed by atoms with Crippen molar-refractivity contribution in [3.8, 4) is 0 Å². The van der Waals surface area contributed by atoms with Crippen LogP contribution >= 0.6 is 0 Å². The Bertz CT molecular complexity index is 584. The third-order valence-electron chi connectivity index (χ3n) is 2.94. The number of aromatic nitrogens is 1. The average Bonchev–Trinajstić information content (AvgIpc) is 2.30. The van der Waals surface area contributed by atoms with E-state index in [9.17, 15) is 4.79 Å². The predicted molar refractivity (Wildman–Crippen MR) is 71.2 cm³/mol. The smallest absolute Gasteiger partial charge is 0.254 e. The number of rotatable bonds is 3. The van der Waals surface area contributed by atoms with E-state index < -0.39 is 0 Å². The number of para-hydroxylation sites is 1. The average molecular weight is 230 g/mol. The standard InChI is InChI=1S/C14H18N2O/c1-3-16-13-7-5-4-6-11(13)9-12(14(16)17)8-10(2)15/h4-7,9-10H,3,8,15H2,1-2H3. The van der Waals surface area contributed by atoms with Gasteiger partial charge in [-0.15, -0.1) is 0 Å². The van der Waals surface area contributed by atoms with E-state index in [1.54, 1.807) is 0 Å². The van der Waals surface area contributed by atoms with Gasteiger partial charge in [0, 0.05) is 18.2 Å². The van der Waals surface area contributed by atoms with Crippen LogP contribution in [0.5, 0.6) is 0 Å². The Morgan fingerprint density at radius 1 is 1.35 bits per heavy atom. The van der Waals surface area contributed by atoms with Crippen LogP contribution in [-0.4, -0.2) is 10.6 Å². The molecule has 0 spiro atoms. The summed E-state index contributed by atoms with van der Waals surface area (Å²) in [4.78, 5) is 12.3. The number of hydrogen-bond acceptors (Lipinski definition) is 2. The highest BCUT2D eigenvalue weighted by Crippen LogP contribution is 2.13. The van der Waals surface area contributed by atoms with Crippen LogP contribution in [0.4, 0.5) is 0 Å². The van der Waals surface area contributed by atoms with E-state index in [-0.39, 0.29) is 11.6 Å². The second-order valence-corrected chi connectivity index (χ2v) is 4.46. The molecule has 1 aromatic carbocycles. The summed E-state index contributed by atoms with van der Waals surface area (Å²) in [6, 6.07) is 9.94. The molecule has 0 fully saturated rings. The first-order valence-electron chi connectivity index (χ1n) is 6.00. The summed E-state index contributed by atoms with van der Waals surface area (Å²) in [6.45, 7) is 4.60. The molecule has 1 aromatic heterocycles. The molecule has 0 radical (unpaired) electrons. The quantitative estimate of drug-likeness (QED) is 0.875. The van der Waals surface area contributed by atoms with Gasteiger partial charge in [0.25, 0.3) is 5.56 Å². The van der Waals surface area contributed by atoms with Gasteiger partial charge in [-0.2, -0.15) is 0 Å². The van der Waals surface area contributed by atoms with Crippen LogP contribution in [-0.2, 0) is 13.0 Å². The highest BCUT2D eigenvalue weighted by Gasteiger charge is 2.09. The first-order valence-corrected chi connectivity index (χ1v) is 6.00. The van der Waals surface area contributed by atoms with E-state index in [1.807, 2.05) is 48.7 Å². The van der Waals surface area contributed by atoms with Crippen LogP contribution in [0, 0.1) is 0 Å². The Hall–Kier alpha value is -1.61. The molecule has 3 heteroatoms. The summed E-state index contributed by atoms with van der Waals surface area (Å²) in [6.07, 6.45) is 0.629.